The molecule has 2 atom stereocenters. The Labute approximate surface area is 151 Å². The average Bonchev–Trinajstić information content (AvgIpc) is 2.58. The fourth-order valence-electron chi connectivity index (χ4n) is 3.89. The molecule has 2 N–H and O–H groups in total. The molecule has 2 nitrogen and oxygen atoms in total. The molecule has 0 heterocycles. The van der Waals surface area contributed by atoms with E-state index in [0.717, 1.165) is 5.56 Å². The van der Waals surface area contributed by atoms with Crippen molar-refractivity contribution in [2.45, 2.75) is 45.1 Å². The van der Waals surface area contributed by atoms with Crippen LogP contribution in [-0.2, 0) is 0 Å². The van der Waals surface area contributed by atoms with Gasteiger partial charge in [0.1, 0.15) is 0 Å². The Hall–Kier alpha value is -2.37. The molecule has 0 bridgehead atoms. The highest BCUT2D eigenvalue weighted by atomic mass is 14.7. The summed E-state index contributed by atoms with van der Waals surface area (Å²) in [6.07, 6.45) is 4.25. The second kappa shape index (κ2) is 6.17. The van der Waals surface area contributed by atoms with Gasteiger partial charge >= 0.3 is 0 Å². The summed E-state index contributed by atoms with van der Waals surface area (Å²) in [5.41, 5.74) is 10.4. The molecule has 1 aliphatic carbocycles. The first-order chi connectivity index (χ1) is 11.7. The maximum atomic E-state index is 10.0. The molecule has 3 rings (SSSR count). The smallest absolute Gasteiger partial charge is 0.0795 e. The van der Waals surface area contributed by atoms with Crippen LogP contribution in [-0.4, -0.2) is 5.54 Å². The number of hydrogen-bond donors (Lipinski definition) is 1. The van der Waals surface area contributed by atoms with Crippen LogP contribution in [0.2, 0.25) is 0 Å². The van der Waals surface area contributed by atoms with E-state index in [0.29, 0.717) is 0 Å². The summed E-state index contributed by atoms with van der Waals surface area (Å²) in [5, 5.41) is 10.0. The summed E-state index contributed by atoms with van der Waals surface area (Å²) in [5.74, 6) is -0.0890. The molecule has 0 saturated carbocycles. The van der Waals surface area contributed by atoms with Gasteiger partial charge in [0.05, 0.1) is 12.0 Å². The number of nitrogens with two attached hydrogens (primary N) is 1. The number of nitriles is 1. The molecular formula is C23H26N2. The Morgan fingerprint density at radius 2 is 1.40 bits per heavy atom. The quantitative estimate of drug-likeness (QED) is 0.768. The molecule has 128 valence electrons. The zero-order chi connectivity index (χ0) is 18.2. The van der Waals surface area contributed by atoms with Gasteiger partial charge < -0.3 is 5.73 Å². The molecule has 25 heavy (non-hydrogen) atoms. The second-order valence-corrected chi connectivity index (χ2v) is 8.24. The molecule has 2 unspecified atom stereocenters. The van der Waals surface area contributed by atoms with Gasteiger partial charge in [-0.2, -0.15) is 5.26 Å². The first-order valence-electron chi connectivity index (χ1n) is 8.82. The van der Waals surface area contributed by atoms with E-state index in [1.54, 1.807) is 0 Å². The Morgan fingerprint density at radius 3 is 1.96 bits per heavy atom. The van der Waals surface area contributed by atoms with Crippen molar-refractivity contribution in [3.05, 3.63) is 71.8 Å². The lowest BCUT2D eigenvalue weighted by atomic mass is 9.61. The maximum Gasteiger partial charge on any atom is 0.0795 e. The van der Waals surface area contributed by atoms with E-state index in [-0.39, 0.29) is 22.8 Å². The summed E-state index contributed by atoms with van der Waals surface area (Å²) >= 11 is 0. The summed E-state index contributed by atoms with van der Waals surface area (Å²) in [7, 11) is 0. The van der Waals surface area contributed by atoms with Gasteiger partial charge in [-0.15, -0.1) is 0 Å². The topological polar surface area (TPSA) is 49.8 Å². The molecule has 0 fully saturated rings. The molecule has 0 aliphatic heterocycles. The lowest BCUT2D eigenvalue weighted by Gasteiger charge is -2.41. The monoisotopic (exact) mass is 330 g/mol. The normalized spacial score (nSPS) is 20.0. The SMILES string of the molecule is CC(C)(N)/C=C/C(C)(C)C1c2ccccc2-c2ccccc2C1C#N. The Bertz CT molecular complexity index is 847. The van der Waals surface area contributed by atoms with Crippen LogP contribution in [0.15, 0.2) is 60.7 Å². The third-order valence-electron chi connectivity index (χ3n) is 5.10. The molecule has 0 aromatic heterocycles. The van der Waals surface area contributed by atoms with Crippen molar-refractivity contribution in [2.24, 2.45) is 11.1 Å². The minimum absolute atomic E-state index is 0.0854. The molecular weight excluding hydrogens is 304 g/mol. The fraction of sp³-hybridized carbons (Fsp3) is 0.348. The molecule has 0 spiro atoms. The number of allylic oxidation sites excluding steroid dienone is 1. The first-order valence-corrected chi connectivity index (χ1v) is 8.82. The van der Waals surface area contributed by atoms with Crippen LogP contribution in [0.4, 0.5) is 0 Å². The Kier molecular flexibility index (Phi) is 4.31. The van der Waals surface area contributed by atoms with Crippen molar-refractivity contribution in [1.82, 2.24) is 0 Å². The molecule has 0 saturated heterocycles. The van der Waals surface area contributed by atoms with Crippen LogP contribution in [0.3, 0.4) is 0 Å². The molecule has 2 aromatic rings. The van der Waals surface area contributed by atoms with E-state index in [1.807, 2.05) is 26.0 Å². The predicted octanol–water partition coefficient (Wildman–Crippen LogP) is 5.38. The van der Waals surface area contributed by atoms with Crippen molar-refractivity contribution in [2.75, 3.05) is 0 Å². The van der Waals surface area contributed by atoms with E-state index in [2.05, 4.69) is 68.5 Å². The molecule has 1 aliphatic rings. The summed E-state index contributed by atoms with van der Waals surface area (Å²) in [6, 6.07) is 19.4. The van der Waals surface area contributed by atoms with Crippen molar-refractivity contribution in [3.8, 4) is 17.2 Å². The van der Waals surface area contributed by atoms with Gasteiger partial charge in [-0.25, -0.2) is 0 Å². The molecule has 0 amide bonds. The zero-order valence-electron chi connectivity index (χ0n) is 15.5. The molecule has 2 aromatic carbocycles. The van der Waals surface area contributed by atoms with Crippen molar-refractivity contribution >= 4 is 0 Å². The fourth-order valence-corrected chi connectivity index (χ4v) is 3.89. The van der Waals surface area contributed by atoms with Crippen LogP contribution < -0.4 is 5.73 Å². The second-order valence-electron chi connectivity index (χ2n) is 8.24. The van der Waals surface area contributed by atoms with Gasteiger partial charge in [0.2, 0.25) is 0 Å². The van der Waals surface area contributed by atoms with Crippen molar-refractivity contribution < 1.29 is 0 Å². The predicted molar refractivity (Wildman–Crippen MR) is 104 cm³/mol. The van der Waals surface area contributed by atoms with Crippen molar-refractivity contribution in [1.29, 1.82) is 5.26 Å². The van der Waals surface area contributed by atoms with E-state index < -0.39 is 0 Å². The minimum Gasteiger partial charge on any atom is -0.322 e. The largest absolute Gasteiger partial charge is 0.322 e. The highest BCUT2D eigenvalue weighted by Gasteiger charge is 2.41. The third-order valence-corrected chi connectivity index (χ3v) is 5.10. The average molecular weight is 330 g/mol. The van der Waals surface area contributed by atoms with Gasteiger partial charge in [0.25, 0.3) is 0 Å². The van der Waals surface area contributed by atoms with Gasteiger partial charge in [0, 0.05) is 11.5 Å². The van der Waals surface area contributed by atoms with Crippen LogP contribution in [0.25, 0.3) is 11.1 Å². The van der Waals surface area contributed by atoms with Crippen LogP contribution in [0.5, 0.6) is 0 Å². The van der Waals surface area contributed by atoms with Gasteiger partial charge in [-0.05, 0) is 41.5 Å². The van der Waals surface area contributed by atoms with E-state index >= 15 is 0 Å². The number of hydrogen-bond acceptors (Lipinski definition) is 2. The highest BCUT2D eigenvalue weighted by molar-refractivity contribution is 5.76. The number of fused-ring (bicyclic) bond motifs is 3. The van der Waals surface area contributed by atoms with E-state index in [9.17, 15) is 5.26 Å². The lowest BCUT2D eigenvalue weighted by Crippen LogP contribution is -2.32. The van der Waals surface area contributed by atoms with Crippen LogP contribution in [0, 0.1) is 16.7 Å². The van der Waals surface area contributed by atoms with Crippen LogP contribution >= 0.6 is 0 Å². The van der Waals surface area contributed by atoms with Crippen LogP contribution in [0.1, 0.15) is 50.7 Å². The van der Waals surface area contributed by atoms with Crippen molar-refractivity contribution in [3.63, 3.8) is 0 Å². The molecule has 2 heteroatoms. The highest BCUT2D eigenvalue weighted by Crippen LogP contribution is 2.54. The maximum absolute atomic E-state index is 10.0. The first kappa shape index (κ1) is 17.5. The third kappa shape index (κ3) is 3.25. The minimum atomic E-state index is -0.370. The van der Waals surface area contributed by atoms with Gasteiger partial charge in [0.15, 0.2) is 0 Å². The number of benzene rings is 2. The summed E-state index contributed by atoms with van der Waals surface area (Å²) in [6.45, 7) is 8.39. The Balaban J connectivity index is 2.20. The summed E-state index contributed by atoms with van der Waals surface area (Å²) in [4.78, 5) is 0. The number of nitrogens with zero attached hydrogens (tertiary/aromatic N) is 1. The van der Waals surface area contributed by atoms with Gasteiger partial charge in [-0.1, -0.05) is 74.5 Å². The number of rotatable bonds is 3. The lowest BCUT2D eigenvalue weighted by molar-refractivity contribution is 0.345. The summed E-state index contributed by atoms with van der Waals surface area (Å²) < 4.78 is 0. The van der Waals surface area contributed by atoms with E-state index in [4.69, 9.17) is 5.73 Å². The molecule has 0 radical (unpaired) electrons. The van der Waals surface area contributed by atoms with Gasteiger partial charge in [-0.3, -0.25) is 0 Å². The standard InChI is InChI=1S/C23H26N2/c1-22(2,13-14-23(3,4)25)21-19-12-8-7-10-17(19)16-9-5-6-11-18(16)20(21)15-24/h5-14,20-21H,25H2,1-4H3/b14-13+. The van der Waals surface area contributed by atoms with E-state index in [1.165, 1.54) is 16.7 Å². The Morgan fingerprint density at radius 1 is 0.880 bits per heavy atom. The zero-order valence-corrected chi connectivity index (χ0v) is 15.5.